The number of pyridine rings is 2. The summed E-state index contributed by atoms with van der Waals surface area (Å²) in [5.41, 5.74) is 2.00. The van der Waals surface area contributed by atoms with Gasteiger partial charge in [0.2, 0.25) is 0 Å². The third-order valence-corrected chi connectivity index (χ3v) is 5.20. The van der Waals surface area contributed by atoms with E-state index in [1.165, 1.54) is 10.5 Å². The van der Waals surface area contributed by atoms with Crippen LogP contribution in [0.4, 0.5) is 0 Å². The van der Waals surface area contributed by atoms with Crippen LogP contribution in [0.2, 0.25) is 0 Å². The number of ether oxygens (including phenoxy) is 1. The summed E-state index contributed by atoms with van der Waals surface area (Å²) < 4.78 is 8.31. The van der Waals surface area contributed by atoms with E-state index in [2.05, 4.69) is 9.98 Å². The first kappa shape index (κ1) is 22.1. The Morgan fingerprint density at radius 3 is 2.64 bits per heavy atom. The van der Waals surface area contributed by atoms with Crippen LogP contribution in [0.3, 0.4) is 0 Å². The van der Waals surface area contributed by atoms with Crippen LogP contribution in [0.15, 0.2) is 64.5 Å². The van der Waals surface area contributed by atoms with Gasteiger partial charge in [-0.25, -0.2) is 9.78 Å². The molecule has 0 aliphatic rings. The smallest absolute Gasteiger partial charge is 0.341 e. The number of carbonyl (C=O) groups excluding carboxylic acids is 2. The van der Waals surface area contributed by atoms with Crippen molar-refractivity contribution >= 4 is 28.6 Å². The second kappa shape index (κ2) is 9.20. The first-order chi connectivity index (χ1) is 15.9. The van der Waals surface area contributed by atoms with Gasteiger partial charge in [0, 0.05) is 18.3 Å². The maximum absolute atomic E-state index is 13.2. The topological polar surface area (TPSA) is 95.0 Å². The molecule has 1 amide bonds. The summed E-state index contributed by atoms with van der Waals surface area (Å²) in [6.07, 6.45) is 2.29. The number of hydrogen-bond acceptors (Lipinski definition) is 5. The van der Waals surface area contributed by atoms with E-state index in [-0.39, 0.29) is 28.6 Å². The van der Waals surface area contributed by atoms with Crippen LogP contribution in [-0.2, 0) is 11.3 Å². The number of aromatic nitrogens is 3. The van der Waals surface area contributed by atoms with E-state index in [0.29, 0.717) is 29.8 Å². The molecule has 0 fully saturated rings. The van der Waals surface area contributed by atoms with Crippen molar-refractivity contribution in [3.8, 4) is 0 Å². The Morgan fingerprint density at radius 2 is 1.91 bits per heavy atom. The van der Waals surface area contributed by atoms with Crippen molar-refractivity contribution in [2.75, 3.05) is 6.61 Å². The Kier molecular flexibility index (Phi) is 6.17. The molecule has 8 nitrogen and oxygen atoms in total. The summed E-state index contributed by atoms with van der Waals surface area (Å²) in [4.78, 5) is 48.1. The number of amides is 1. The first-order valence-corrected chi connectivity index (χ1v) is 10.8. The zero-order chi connectivity index (χ0) is 23.5. The molecule has 0 spiro atoms. The van der Waals surface area contributed by atoms with Crippen LogP contribution in [0.25, 0.3) is 16.7 Å². The van der Waals surface area contributed by atoms with Crippen LogP contribution in [0.1, 0.15) is 46.5 Å². The van der Waals surface area contributed by atoms with E-state index in [0.717, 1.165) is 5.56 Å². The molecule has 3 heterocycles. The van der Waals surface area contributed by atoms with Gasteiger partial charge >= 0.3 is 5.97 Å². The fourth-order valence-electron chi connectivity index (χ4n) is 3.73. The van der Waals surface area contributed by atoms with Gasteiger partial charge in [0.15, 0.2) is 5.49 Å². The molecule has 168 valence electrons. The lowest BCUT2D eigenvalue weighted by molar-refractivity contribution is 0.0523. The van der Waals surface area contributed by atoms with Crippen molar-refractivity contribution < 1.29 is 14.3 Å². The molecule has 0 radical (unpaired) electrons. The van der Waals surface area contributed by atoms with E-state index < -0.39 is 11.9 Å². The summed E-state index contributed by atoms with van der Waals surface area (Å²) in [6, 6.07) is 13.7. The van der Waals surface area contributed by atoms with Crippen molar-refractivity contribution in [3.05, 3.63) is 87.3 Å². The molecule has 0 saturated carbocycles. The molecule has 3 aromatic heterocycles. The third kappa shape index (κ3) is 4.19. The van der Waals surface area contributed by atoms with E-state index in [1.54, 1.807) is 54.1 Å². The SMILES string of the molecule is CCCn1c(=NC(=O)c2cccc(C)c2)c(C(=O)OCC)cc2c(=O)n3ccccc3nc21. The number of hydrogen-bond donors (Lipinski definition) is 0. The van der Waals surface area contributed by atoms with Crippen molar-refractivity contribution in [1.29, 1.82) is 0 Å². The fraction of sp³-hybridized carbons (Fsp3) is 0.240. The Balaban J connectivity index is 2.12. The monoisotopic (exact) mass is 444 g/mol. The summed E-state index contributed by atoms with van der Waals surface area (Å²) in [7, 11) is 0. The van der Waals surface area contributed by atoms with Gasteiger partial charge < -0.3 is 9.30 Å². The molecule has 0 saturated heterocycles. The zero-order valence-electron chi connectivity index (χ0n) is 18.7. The predicted octanol–water partition coefficient (Wildman–Crippen LogP) is 3.29. The van der Waals surface area contributed by atoms with Crippen LogP contribution >= 0.6 is 0 Å². The fourth-order valence-corrected chi connectivity index (χ4v) is 3.73. The summed E-state index contributed by atoms with van der Waals surface area (Å²) in [5.74, 6) is -1.15. The highest BCUT2D eigenvalue weighted by molar-refractivity contribution is 5.97. The van der Waals surface area contributed by atoms with Crippen LogP contribution in [-0.4, -0.2) is 32.4 Å². The average Bonchev–Trinajstić information content (AvgIpc) is 2.81. The molecule has 0 unspecified atom stereocenters. The zero-order valence-corrected chi connectivity index (χ0v) is 18.7. The molecule has 4 rings (SSSR count). The van der Waals surface area contributed by atoms with Gasteiger partial charge in [-0.05, 0) is 50.6 Å². The maximum Gasteiger partial charge on any atom is 0.341 e. The second-order valence-corrected chi connectivity index (χ2v) is 7.62. The van der Waals surface area contributed by atoms with Gasteiger partial charge in [-0.15, -0.1) is 0 Å². The van der Waals surface area contributed by atoms with Crippen LogP contribution in [0.5, 0.6) is 0 Å². The molecular weight excluding hydrogens is 420 g/mol. The molecule has 0 bridgehead atoms. The Labute approximate surface area is 189 Å². The van der Waals surface area contributed by atoms with E-state index in [4.69, 9.17) is 4.74 Å². The van der Waals surface area contributed by atoms with Crippen molar-refractivity contribution in [3.63, 3.8) is 0 Å². The van der Waals surface area contributed by atoms with Gasteiger partial charge in [-0.3, -0.25) is 14.0 Å². The Morgan fingerprint density at radius 1 is 1.09 bits per heavy atom. The predicted molar refractivity (Wildman–Crippen MR) is 124 cm³/mol. The van der Waals surface area contributed by atoms with Gasteiger partial charge in [-0.1, -0.05) is 30.7 Å². The van der Waals surface area contributed by atoms with Gasteiger partial charge in [-0.2, -0.15) is 4.99 Å². The number of rotatable bonds is 5. The lowest BCUT2D eigenvalue weighted by Crippen LogP contribution is -2.32. The molecule has 0 aliphatic carbocycles. The number of fused-ring (bicyclic) bond motifs is 2. The van der Waals surface area contributed by atoms with E-state index in [1.807, 2.05) is 19.9 Å². The average molecular weight is 444 g/mol. The van der Waals surface area contributed by atoms with Gasteiger partial charge in [0.25, 0.3) is 11.5 Å². The third-order valence-electron chi connectivity index (χ3n) is 5.20. The number of aryl methyl sites for hydroxylation is 2. The molecular formula is C25H24N4O4. The summed E-state index contributed by atoms with van der Waals surface area (Å²) in [5, 5.41) is 0.247. The summed E-state index contributed by atoms with van der Waals surface area (Å²) >= 11 is 0. The maximum atomic E-state index is 13.2. The van der Waals surface area contributed by atoms with Crippen LogP contribution in [0, 0.1) is 6.92 Å². The minimum Gasteiger partial charge on any atom is -0.462 e. The van der Waals surface area contributed by atoms with E-state index >= 15 is 0 Å². The number of nitrogens with zero attached hydrogens (tertiary/aromatic N) is 4. The quantitative estimate of drug-likeness (QED) is 0.348. The van der Waals surface area contributed by atoms with E-state index in [9.17, 15) is 14.4 Å². The van der Waals surface area contributed by atoms with Crippen molar-refractivity contribution in [2.24, 2.45) is 4.99 Å². The molecule has 0 N–H and O–H groups in total. The summed E-state index contributed by atoms with van der Waals surface area (Å²) in [6.45, 7) is 6.08. The number of esters is 1. The molecule has 33 heavy (non-hydrogen) atoms. The molecule has 0 atom stereocenters. The Hall–Kier alpha value is -4.07. The highest BCUT2D eigenvalue weighted by atomic mass is 16.5. The normalized spacial score (nSPS) is 11.8. The van der Waals surface area contributed by atoms with Gasteiger partial charge in [0.05, 0.1) is 12.0 Å². The molecule has 1 aromatic carbocycles. The molecule has 4 aromatic rings. The Bertz CT molecular complexity index is 1510. The first-order valence-electron chi connectivity index (χ1n) is 10.8. The number of carbonyl (C=O) groups is 2. The highest BCUT2D eigenvalue weighted by Crippen LogP contribution is 2.13. The molecule has 0 aliphatic heterocycles. The minimum absolute atomic E-state index is 0.0496. The van der Waals surface area contributed by atoms with Crippen LogP contribution < -0.4 is 11.0 Å². The van der Waals surface area contributed by atoms with Crippen molar-refractivity contribution in [2.45, 2.75) is 33.7 Å². The van der Waals surface area contributed by atoms with Gasteiger partial charge in [0.1, 0.15) is 16.9 Å². The lowest BCUT2D eigenvalue weighted by Gasteiger charge is -2.14. The second-order valence-electron chi connectivity index (χ2n) is 7.62. The largest absolute Gasteiger partial charge is 0.462 e. The lowest BCUT2D eigenvalue weighted by atomic mass is 10.1. The minimum atomic E-state index is -0.655. The molecule has 8 heteroatoms. The standard InChI is InChI=1S/C25H24N4O4/c1-4-12-29-21-18(24(31)28-13-7-6-11-20(28)26-21)15-19(25(32)33-5-2)22(29)27-23(30)17-10-8-9-16(3)14-17/h6-11,13-15H,4-5,12H2,1-3H3. The highest BCUT2D eigenvalue weighted by Gasteiger charge is 2.20. The number of benzene rings is 1. The van der Waals surface area contributed by atoms with Crippen molar-refractivity contribution in [1.82, 2.24) is 14.0 Å².